The molecule has 4 rings (SSSR count). The summed E-state index contributed by atoms with van der Waals surface area (Å²) in [5.74, 6) is -0.802. The van der Waals surface area contributed by atoms with E-state index in [0.29, 0.717) is 41.5 Å². The van der Waals surface area contributed by atoms with Gasteiger partial charge in [0.15, 0.2) is 11.6 Å². The fourth-order valence-corrected chi connectivity index (χ4v) is 4.36. The highest BCUT2D eigenvalue weighted by atomic mass is 35.5. The average Bonchev–Trinajstić information content (AvgIpc) is 3.06. The first-order valence-corrected chi connectivity index (χ1v) is 9.95. The van der Waals surface area contributed by atoms with Crippen molar-refractivity contribution < 1.29 is 19.0 Å². The molecule has 2 aromatic rings. The molecular weight excluding hydrogens is 402 g/mol. The molecule has 2 bridgehead atoms. The number of carbonyl (C=O) groups is 1. The van der Waals surface area contributed by atoms with Gasteiger partial charge in [-0.15, -0.1) is 0 Å². The zero-order valence-electron chi connectivity index (χ0n) is 15.5. The number of hydrogen-bond donors (Lipinski definition) is 1. The number of ether oxygens (including phenoxy) is 1. The van der Waals surface area contributed by atoms with Crippen molar-refractivity contribution in [3.63, 3.8) is 0 Å². The lowest BCUT2D eigenvalue weighted by molar-refractivity contribution is -0.130. The molecule has 0 aromatic heterocycles. The summed E-state index contributed by atoms with van der Waals surface area (Å²) in [6.07, 6.45) is 1.29. The first-order chi connectivity index (χ1) is 13.3. The van der Waals surface area contributed by atoms with Crippen LogP contribution in [-0.2, 0) is 16.0 Å². The zero-order chi connectivity index (χ0) is 20.2. The number of benzene rings is 2. The van der Waals surface area contributed by atoms with Crippen LogP contribution in [0.15, 0.2) is 36.1 Å². The van der Waals surface area contributed by atoms with Crippen molar-refractivity contribution >= 4 is 34.6 Å². The Morgan fingerprint density at radius 2 is 1.96 bits per heavy atom. The van der Waals surface area contributed by atoms with E-state index >= 15 is 0 Å². The van der Waals surface area contributed by atoms with Gasteiger partial charge < -0.3 is 9.84 Å². The van der Waals surface area contributed by atoms with Gasteiger partial charge in [0.05, 0.1) is 15.6 Å². The number of Topliss-reactive ketones (excluding diaryl/α,β-unsaturated/α-hetero) is 1. The van der Waals surface area contributed by atoms with Crippen LogP contribution in [0.25, 0.3) is 16.7 Å². The maximum absolute atomic E-state index is 14.6. The number of aryl methyl sites for hydroxylation is 1. The standard InChI is InChI=1S/C22H19Cl2FO3/c1-3-11-10-12(14-6-7-15(23)18(24)19(14)25)4-5-13(11)17-20(26)16-8-9-22(2,28-16)21(17)27/h4-7,10,16,27H,3,8-9H2,1-2H3/t16-,22-/m1/s1. The van der Waals surface area contributed by atoms with Gasteiger partial charge in [0.25, 0.3) is 0 Å². The van der Waals surface area contributed by atoms with Gasteiger partial charge in [0.2, 0.25) is 0 Å². The van der Waals surface area contributed by atoms with Crippen LogP contribution in [0.1, 0.15) is 37.8 Å². The van der Waals surface area contributed by atoms with Gasteiger partial charge in [-0.3, -0.25) is 4.79 Å². The summed E-state index contributed by atoms with van der Waals surface area (Å²) in [6.45, 7) is 3.76. The Labute approximate surface area is 172 Å². The van der Waals surface area contributed by atoms with E-state index in [0.717, 1.165) is 5.56 Å². The lowest BCUT2D eigenvalue weighted by atomic mass is 9.87. The van der Waals surface area contributed by atoms with Crippen LogP contribution in [0.5, 0.6) is 0 Å². The van der Waals surface area contributed by atoms with E-state index in [2.05, 4.69) is 0 Å². The van der Waals surface area contributed by atoms with E-state index < -0.39 is 17.5 Å². The Bertz CT molecular complexity index is 1030. The van der Waals surface area contributed by atoms with Gasteiger partial charge in [-0.05, 0) is 55.0 Å². The Kier molecular flexibility index (Phi) is 4.77. The maximum Gasteiger partial charge on any atom is 0.195 e. The van der Waals surface area contributed by atoms with Gasteiger partial charge in [-0.25, -0.2) is 4.39 Å². The highest BCUT2D eigenvalue weighted by Crippen LogP contribution is 2.45. The van der Waals surface area contributed by atoms with E-state index in [-0.39, 0.29) is 21.6 Å². The second-order valence-corrected chi connectivity index (χ2v) is 8.20. The lowest BCUT2D eigenvalue weighted by Gasteiger charge is -2.31. The minimum Gasteiger partial charge on any atom is -0.508 e. The molecule has 2 aromatic carbocycles. The highest BCUT2D eigenvalue weighted by molar-refractivity contribution is 6.42. The van der Waals surface area contributed by atoms with Crippen LogP contribution in [0.3, 0.4) is 0 Å². The second kappa shape index (κ2) is 6.87. The number of halogens is 3. The Morgan fingerprint density at radius 3 is 2.68 bits per heavy atom. The van der Waals surface area contributed by atoms with E-state index in [4.69, 9.17) is 27.9 Å². The number of ketones is 1. The first kappa shape index (κ1) is 19.4. The summed E-state index contributed by atoms with van der Waals surface area (Å²) in [5, 5.41) is 10.8. The minimum absolute atomic E-state index is 0.0191. The molecule has 3 nitrogen and oxygen atoms in total. The van der Waals surface area contributed by atoms with Crippen LogP contribution in [-0.4, -0.2) is 22.6 Å². The minimum atomic E-state index is -0.826. The van der Waals surface area contributed by atoms with Crippen LogP contribution < -0.4 is 0 Å². The fraction of sp³-hybridized carbons (Fsp3) is 0.318. The van der Waals surface area contributed by atoms with Gasteiger partial charge in [-0.1, -0.05) is 48.3 Å². The predicted octanol–water partition coefficient (Wildman–Crippen LogP) is 6.15. The summed E-state index contributed by atoms with van der Waals surface area (Å²) >= 11 is 11.8. The Balaban J connectivity index is 1.85. The molecular formula is C22H19Cl2FO3. The number of fused-ring (bicyclic) bond motifs is 2. The predicted molar refractivity (Wildman–Crippen MR) is 108 cm³/mol. The smallest absolute Gasteiger partial charge is 0.195 e. The molecule has 0 amide bonds. The topological polar surface area (TPSA) is 46.5 Å². The van der Waals surface area contributed by atoms with Gasteiger partial charge >= 0.3 is 0 Å². The van der Waals surface area contributed by atoms with Crippen molar-refractivity contribution in [3.05, 3.63) is 63.1 Å². The average molecular weight is 421 g/mol. The quantitative estimate of drug-likeness (QED) is 0.605. The number of hydrogen-bond acceptors (Lipinski definition) is 3. The summed E-state index contributed by atoms with van der Waals surface area (Å²) in [5.41, 5.74) is 1.95. The van der Waals surface area contributed by atoms with E-state index in [1.54, 1.807) is 31.2 Å². The number of carbonyl (C=O) groups excluding carboxylic acids is 1. The molecule has 0 spiro atoms. The van der Waals surface area contributed by atoms with Crippen molar-refractivity contribution in [1.29, 1.82) is 0 Å². The molecule has 146 valence electrons. The third-order valence-electron chi connectivity index (χ3n) is 5.66. The summed E-state index contributed by atoms with van der Waals surface area (Å²) < 4.78 is 20.3. The SMILES string of the molecule is CCc1cc(-c2ccc(Cl)c(Cl)c2F)ccc1C1=C(O)[C@@]2(C)CC[C@@H](O2)C1=O. The lowest BCUT2D eigenvalue weighted by Crippen LogP contribution is -2.37. The maximum atomic E-state index is 14.6. The molecule has 1 saturated heterocycles. The van der Waals surface area contributed by atoms with Crippen LogP contribution >= 0.6 is 23.2 Å². The van der Waals surface area contributed by atoms with Crippen molar-refractivity contribution in [2.45, 2.75) is 44.8 Å². The Hall–Kier alpha value is -1.88. The van der Waals surface area contributed by atoms with Crippen molar-refractivity contribution in [2.24, 2.45) is 0 Å². The molecule has 2 aliphatic heterocycles. The molecule has 0 radical (unpaired) electrons. The molecule has 28 heavy (non-hydrogen) atoms. The molecule has 0 unspecified atom stereocenters. The molecule has 1 N–H and O–H groups in total. The van der Waals surface area contributed by atoms with Crippen LogP contribution in [0, 0.1) is 5.82 Å². The molecule has 0 aliphatic carbocycles. The van der Waals surface area contributed by atoms with E-state index in [1.807, 2.05) is 13.0 Å². The third-order valence-corrected chi connectivity index (χ3v) is 6.45. The number of aliphatic hydroxyl groups excluding tert-OH is 1. The number of rotatable bonds is 3. The van der Waals surface area contributed by atoms with Crippen molar-refractivity contribution in [1.82, 2.24) is 0 Å². The van der Waals surface area contributed by atoms with Crippen LogP contribution in [0.2, 0.25) is 10.0 Å². The fourth-order valence-electron chi connectivity index (χ4n) is 4.05. The second-order valence-electron chi connectivity index (χ2n) is 7.41. The van der Waals surface area contributed by atoms with Crippen molar-refractivity contribution in [3.8, 4) is 11.1 Å². The van der Waals surface area contributed by atoms with Gasteiger partial charge in [0, 0.05) is 5.56 Å². The van der Waals surface area contributed by atoms with E-state index in [1.165, 1.54) is 0 Å². The highest BCUT2D eigenvalue weighted by Gasteiger charge is 2.50. The first-order valence-electron chi connectivity index (χ1n) is 9.19. The monoisotopic (exact) mass is 420 g/mol. The molecule has 0 saturated carbocycles. The number of aliphatic hydroxyl groups is 1. The Morgan fingerprint density at radius 1 is 1.25 bits per heavy atom. The molecule has 2 aliphatic rings. The van der Waals surface area contributed by atoms with Gasteiger partial charge in [-0.2, -0.15) is 0 Å². The molecule has 6 heteroatoms. The van der Waals surface area contributed by atoms with Gasteiger partial charge in [0.1, 0.15) is 17.5 Å². The van der Waals surface area contributed by atoms with E-state index in [9.17, 15) is 14.3 Å². The molecule has 2 atom stereocenters. The van der Waals surface area contributed by atoms with Crippen LogP contribution in [0.4, 0.5) is 4.39 Å². The summed E-state index contributed by atoms with van der Waals surface area (Å²) in [6, 6.07) is 8.44. The largest absolute Gasteiger partial charge is 0.508 e. The zero-order valence-corrected chi connectivity index (χ0v) is 17.0. The summed E-state index contributed by atoms with van der Waals surface area (Å²) in [7, 11) is 0. The molecule has 2 heterocycles. The molecule has 1 fully saturated rings. The normalized spacial score (nSPS) is 24.2. The van der Waals surface area contributed by atoms with Crippen molar-refractivity contribution in [2.75, 3.05) is 0 Å². The summed E-state index contributed by atoms with van der Waals surface area (Å²) in [4.78, 5) is 12.9. The third kappa shape index (κ3) is 2.86.